The predicted molar refractivity (Wildman–Crippen MR) is 164 cm³/mol. The lowest BCUT2D eigenvalue weighted by Gasteiger charge is -2.11. The molecule has 0 aliphatic heterocycles. The maximum absolute atomic E-state index is 4.80. The second kappa shape index (κ2) is 8.51. The van der Waals surface area contributed by atoms with Crippen LogP contribution in [0, 0.1) is 0 Å². The van der Waals surface area contributed by atoms with Gasteiger partial charge in [-0.15, -0.1) is 11.3 Å². The predicted octanol–water partition coefficient (Wildman–Crippen LogP) is 10.1. The average Bonchev–Trinajstić information content (AvgIpc) is 3.51. The van der Waals surface area contributed by atoms with Gasteiger partial charge in [-0.3, -0.25) is 4.99 Å². The van der Waals surface area contributed by atoms with Gasteiger partial charge in [0.05, 0.1) is 6.54 Å². The van der Waals surface area contributed by atoms with Crippen molar-refractivity contribution in [3.05, 3.63) is 132 Å². The molecule has 0 spiro atoms. The summed E-state index contributed by atoms with van der Waals surface area (Å²) in [6.07, 6.45) is 2.05. The Kier molecular flexibility index (Phi) is 4.83. The van der Waals surface area contributed by atoms with Gasteiger partial charge in [-0.1, -0.05) is 103 Å². The lowest BCUT2D eigenvalue weighted by atomic mass is 9.92. The van der Waals surface area contributed by atoms with Crippen LogP contribution in [0.3, 0.4) is 0 Å². The normalized spacial score (nSPS) is 12.2. The minimum Gasteiger partial charge on any atom is -0.288 e. The molecule has 38 heavy (non-hydrogen) atoms. The Labute approximate surface area is 225 Å². The Morgan fingerprint density at radius 3 is 2.24 bits per heavy atom. The summed E-state index contributed by atoms with van der Waals surface area (Å²) in [5, 5.41) is 5.27. The molecule has 7 aromatic rings. The number of aliphatic imine (C=N–C) groups is 1. The molecule has 0 atom stereocenters. The van der Waals surface area contributed by atoms with Gasteiger partial charge < -0.3 is 0 Å². The van der Waals surface area contributed by atoms with Gasteiger partial charge in [0.25, 0.3) is 0 Å². The Balaban J connectivity index is 1.29. The number of hydrogen-bond donors (Lipinski definition) is 0. The quantitative estimate of drug-likeness (QED) is 0.213. The van der Waals surface area contributed by atoms with Crippen molar-refractivity contribution in [1.82, 2.24) is 0 Å². The molecule has 1 nitrogen and oxygen atoms in total. The zero-order valence-corrected chi connectivity index (χ0v) is 21.5. The summed E-state index contributed by atoms with van der Waals surface area (Å²) in [5.41, 5.74) is 10.3. The standard InChI is InChI=1S/C36H23NS/c1-2-8-23(9-3-1)21-37-22-26-12-6-17-33-35(26)31-20-25(18-19-32(31)38-33)27-13-7-15-29-28-14-4-10-24-11-5-16-30(34(24)28)36(27)29/h1-20,22H,21H2. The number of nitrogens with zero attached hydrogens (tertiary/aromatic N) is 1. The highest BCUT2D eigenvalue weighted by Crippen LogP contribution is 2.51. The lowest BCUT2D eigenvalue weighted by Crippen LogP contribution is -1.87. The van der Waals surface area contributed by atoms with Crippen molar-refractivity contribution in [3.8, 4) is 33.4 Å². The van der Waals surface area contributed by atoms with Crippen molar-refractivity contribution in [2.75, 3.05) is 0 Å². The summed E-state index contributed by atoms with van der Waals surface area (Å²) < 4.78 is 2.61. The molecule has 0 unspecified atom stereocenters. The van der Waals surface area contributed by atoms with Gasteiger partial charge in [-0.2, -0.15) is 0 Å². The molecule has 178 valence electrons. The van der Waals surface area contributed by atoms with Gasteiger partial charge in [0, 0.05) is 32.0 Å². The molecular formula is C36H23NS. The number of hydrogen-bond acceptors (Lipinski definition) is 2. The first-order valence-corrected chi connectivity index (χ1v) is 13.8. The van der Waals surface area contributed by atoms with Crippen LogP contribution in [0.5, 0.6) is 0 Å². The van der Waals surface area contributed by atoms with Crippen LogP contribution in [0.25, 0.3) is 64.3 Å². The molecule has 2 heteroatoms. The third-order valence-electron chi connectivity index (χ3n) is 7.71. The lowest BCUT2D eigenvalue weighted by molar-refractivity contribution is 1.08. The first-order chi connectivity index (χ1) is 18.8. The summed E-state index contributed by atoms with van der Waals surface area (Å²) >= 11 is 1.86. The fourth-order valence-electron chi connectivity index (χ4n) is 6.04. The number of thiophene rings is 1. The van der Waals surface area contributed by atoms with E-state index in [0.717, 1.165) is 0 Å². The summed E-state index contributed by atoms with van der Waals surface area (Å²) in [5.74, 6) is 0. The second-order valence-corrected chi connectivity index (χ2v) is 11.0. The number of benzene rings is 6. The minimum absolute atomic E-state index is 0.687. The average molecular weight is 502 g/mol. The van der Waals surface area contributed by atoms with E-state index >= 15 is 0 Å². The third-order valence-corrected chi connectivity index (χ3v) is 8.85. The van der Waals surface area contributed by atoms with E-state index in [1.54, 1.807) is 0 Å². The molecule has 0 radical (unpaired) electrons. The number of fused-ring (bicyclic) bond motifs is 6. The molecule has 1 aliphatic rings. The van der Waals surface area contributed by atoms with Crippen LogP contribution in [-0.2, 0) is 6.54 Å². The molecule has 1 aromatic heterocycles. The molecule has 8 rings (SSSR count). The largest absolute Gasteiger partial charge is 0.288 e. The molecule has 0 amide bonds. The van der Waals surface area contributed by atoms with Crippen LogP contribution in [0.15, 0.2) is 126 Å². The van der Waals surface area contributed by atoms with Gasteiger partial charge in [-0.05, 0) is 67.9 Å². The highest BCUT2D eigenvalue weighted by Gasteiger charge is 2.24. The van der Waals surface area contributed by atoms with Crippen LogP contribution in [0.1, 0.15) is 11.1 Å². The molecule has 6 aromatic carbocycles. The molecule has 0 fully saturated rings. The molecule has 0 saturated heterocycles. The van der Waals surface area contributed by atoms with Crippen LogP contribution in [0.4, 0.5) is 0 Å². The van der Waals surface area contributed by atoms with E-state index in [2.05, 4.69) is 115 Å². The van der Waals surface area contributed by atoms with Crippen molar-refractivity contribution in [2.24, 2.45) is 4.99 Å². The van der Waals surface area contributed by atoms with E-state index in [1.807, 2.05) is 23.6 Å². The zero-order valence-electron chi connectivity index (χ0n) is 20.7. The highest BCUT2D eigenvalue weighted by atomic mass is 32.1. The van der Waals surface area contributed by atoms with E-state index < -0.39 is 0 Å². The smallest absolute Gasteiger partial charge is 0.0639 e. The second-order valence-electron chi connectivity index (χ2n) is 9.93. The number of rotatable bonds is 4. The van der Waals surface area contributed by atoms with Gasteiger partial charge in [0.15, 0.2) is 0 Å². The molecule has 0 saturated carbocycles. The van der Waals surface area contributed by atoms with Crippen LogP contribution < -0.4 is 0 Å². The summed E-state index contributed by atoms with van der Waals surface area (Å²) in [7, 11) is 0. The van der Waals surface area contributed by atoms with Crippen molar-refractivity contribution >= 4 is 48.5 Å². The molecule has 1 heterocycles. The summed E-state index contributed by atoms with van der Waals surface area (Å²) in [6, 6.07) is 44.1. The Bertz CT molecular complexity index is 2040. The first-order valence-electron chi connectivity index (χ1n) is 13.0. The molecular weight excluding hydrogens is 478 g/mol. The molecule has 1 aliphatic carbocycles. The van der Waals surface area contributed by atoms with E-state index in [4.69, 9.17) is 4.99 Å². The highest BCUT2D eigenvalue weighted by molar-refractivity contribution is 7.25. The van der Waals surface area contributed by atoms with Crippen molar-refractivity contribution in [3.63, 3.8) is 0 Å². The van der Waals surface area contributed by atoms with E-state index in [0.29, 0.717) is 6.54 Å². The van der Waals surface area contributed by atoms with Gasteiger partial charge in [0.2, 0.25) is 0 Å². The van der Waals surface area contributed by atoms with Crippen molar-refractivity contribution in [1.29, 1.82) is 0 Å². The first kappa shape index (κ1) is 21.5. The Morgan fingerprint density at radius 2 is 1.34 bits per heavy atom. The Hall–Kier alpha value is -4.53. The minimum atomic E-state index is 0.687. The van der Waals surface area contributed by atoms with Crippen molar-refractivity contribution in [2.45, 2.75) is 6.54 Å². The van der Waals surface area contributed by atoms with E-state index in [-0.39, 0.29) is 0 Å². The summed E-state index contributed by atoms with van der Waals surface area (Å²) in [6.45, 7) is 0.687. The Morgan fingerprint density at radius 1 is 0.579 bits per heavy atom. The fraction of sp³-hybridized carbons (Fsp3) is 0.0278. The van der Waals surface area contributed by atoms with Gasteiger partial charge >= 0.3 is 0 Å². The van der Waals surface area contributed by atoms with Crippen LogP contribution in [0.2, 0.25) is 0 Å². The SMILES string of the molecule is C(=NCc1ccccc1)c1cccc2sc3ccc(-c4cccc5c4-c4cccc6cccc-5c46)cc3c12. The topological polar surface area (TPSA) is 12.4 Å². The molecule has 0 N–H and O–H groups in total. The van der Waals surface area contributed by atoms with Crippen LogP contribution in [-0.4, -0.2) is 6.21 Å². The third kappa shape index (κ3) is 3.27. The maximum atomic E-state index is 4.80. The van der Waals surface area contributed by atoms with Crippen molar-refractivity contribution < 1.29 is 0 Å². The van der Waals surface area contributed by atoms with Crippen LogP contribution >= 0.6 is 11.3 Å². The molecule has 0 bridgehead atoms. The van der Waals surface area contributed by atoms with Gasteiger partial charge in [0.1, 0.15) is 0 Å². The zero-order chi connectivity index (χ0) is 25.1. The monoisotopic (exact) mass is 501 g/mol. The fourth-order valence-corrected chi connectivity index (χ4v) is 7.16. The maximum Gasteiger partial charge on any atom is 0.0639 e. The van der Waals surface area contributed by atoms with Gasteiger partial charge in [-0.25, -0.2) is 0 Å². The summed E-state index contributed by atoms with van der Waals surface area (Å²) in [4.78, 5) is 4.80. The van der Waals surface area contributed by atoms with E-state index in [9.17, 15) is 0 Å². The van der Waals surface area contributed by atoms with E-state index in [1.165, 1.54) is 75.5 Å².